The van der Waals surface area contributed by atoms with Crippen molar-refractivity contribution in [2.75, 3.05) is 6.61 Å². The maximum absolute atomic E-state index is 12.2. The van der Waals surface area contributed by atoms with Crippen LogP contribution >= 0.6 is 0 Å². The Hall–Kier alpha value is -1.22. The van der Waals surface area contributed by atoms with E-state index >= 15 is 0 Å². The third-order valence-electron chi connectivity index (χ3n) is 3.30. The molecule has 0 radical (unpaired) electrons. The van der Waals surface area contributed by atoms with Crippen LogP contribution in [0.3, 0.4) is 0 Å². The van der Waals surface area contributed by atoms with Crippen LogP contribution in [0.15, 0.2) is 24.4 Å². The third kappa shape index (κ3) is 2.14. The van der Waals surface area contributed by atoms with Gasteiger partial charge in [0.1, 0.15) is 5.78 Å². The third-order valence-corrected chi connectivity index (χ3v) is 3.30. The molecule has 86 valence electrons. The SMILES string of the molecule is CC(C(=O)C1CCOC1C)c1ccccn1. The number of rotatable bonds is 3. The highest BCUT2D eigenvalue weighted by atomic mass is 16.5. The number of ketones is 1. The smallest absolute Gasteiger partial charge is 0.147 e. The van der Waals surface area contributed by atoms with Crippen LogP contribution in [0.4, 0.5) is 0 Å². The highest BCUT2D eigenvalue weighted by Crippen LogP contribution is 2.27. The number of pyridine rings is 1. The first kappa shape index (κ1) is 11.3. The number of ether oxygens (including phenoxy) is 1. The molecule has 1 aliphatic heterocycles. The predicted molar refractivity (Wildman–Crippen MR) is 61.2 cm³/mol. The van der Waals surface area contributed by atoms with E-state index in [0.717, 1.165) is 12.1 Å². The van der Waals surface area contributed by atoms with E-state index in [4.69, 9.17) is 4.74 Å². The van der Waals surface area contributed by atoms with Gasteiger partial charge in [0.05, 0.1) is 17.7 Å². The Balaban J connectivity index is 2.10. The van der Waals surface area contributed by atoms with Crippen LogP contribution in [0, 0.1) is 5.92 Å². The van der Waals surface area contributed by atoms with Crippen molar-refractivity contribution in [1.29, 1.82) is 0 Å². The van der Waals surface area contributed by atoms with Crippen molar-refractivity contribution in [3.8, 4) is 0 Å². The molecule has 3 nitrogen and oxygen atoms in total. The second-order valence-electron chi connectivity index (χ2n) is 4.35. The summed E-state index contributed by atoms with van der Waals surface area (Å²) in [6, 6.07) is 5.69. The molecule has 1 aliphatic rings. The Morgan fingerprint density at radius 1 is 1.56 bits per heavy atom. The highest BCUT2D eigenvalue weighted by molar-refractivity contribution is 5.87. The van der Waals surface area contributed by atoms with Crippen molar-refractivity contribution >= 4 is 5.78 Å². The first-order valence-electron chi connectivity index (χ1n) is 5.76. The Morgan fingerprint density at radius 2 is 2.38 bits per heavy atom. The van der Waals surface area contributed by atoms with Crippen LogP contribution in [-0.2, 0) is 9.53 Å². The van der Waals surface area contributed by atoms with Gasteiger partial charge in [-0.15, -0.1) is 0 Å². The van der Waals surface area contributed by atoms with Crippen LogP contribution in [0.5, 0.6) is 0 Å². The summed E-state index contributed by atoms with van der Waals surface area (Å²) in [7, 11) is 0. The number of carbonyl (C=O) groups is 1. The minimum atomic E-state index is -0.129. The van der Waals surface area contributed by atoms with Crippen molar-refractivity contribution in [1.82, 2.24) is 4.98 Å². The maximum Gasteiger partial charge on any atom is 0.147 e. The van der Waals surface area contributed by atoms with Crippen LogP contribution in [0.2, 0.25) is 0 Å². The van der Waals surface area contributed by atoms with Gasteiger partial charge in [-0.3, -0.25) is 9.78 Å². The van der Waals surface area contributed by atoms with E-state index < -0.39 is 0 Å². The van der Waals surface area contributed by atoms with Gasteiger partial charge in [0.2, 0.25) is 0 Å². The number of nitrogens with zero attached hydrogens (tertiary/aromatic N) is 1. The van der Waals surface area contributed by atoms with E-state index in [1.807, 2.05) is 32.0 Å². The molecule has 2 heterocycles. The zero-order valence-corrected chi connectivity index (χ0v) is 9.72. The summed E-state index contributed by atoms with van der Waals surface area (Å²) in [6.07, 6.45) is 2.63. The summed E-state index contributed by atoms with van der Waals surface area (Å²) in [5.41, 5.74) is 0.853. The van der Waals surface area contributed by atoms with Gasteiger partial charge in [0, 0.05) is 18.7 Å². The quantitative estimate of drug-likeness (QED) is 0.782. The number of hydrogen-bond acceptors (Lipinski definition) is 3. The molecule has 0 bridgehead atoms. The number of carbonyl (C=O) groups excluding carboxylic acids is 1. The Labute approximate surface area is 95.8 Å². The largest absolute Gasteiger partial charge is 0.378 e. The van der Waals surface area contributed by atoms with E-state index in [9.17, 15) is 4.79 Å². The molecule has 0 saturated carbocycles. The van der Waals surface area contributed by atoms with Gasteiger partial charge in [0.15, 0.2) is 0 Å². The van der Waals surface area contributed by atoms with Gasteiger partial charge in [-0.05, 0) is 32.4 Å². The molecule has 0 amide bonds. The van der Waals surface area contributed by atoms with Crippen LogP contribution in [-0.4, -0.2) is 23.5 Å². The van der Waals surface area contributed by atoms with Crippen LogP contribution < -0.4 is 0 Å². The van der Waals surface area contributed by atoms with Gasteiger partial charge in [-0.2, -0.15) is 0 Å². The monoisotopic (exact) mass is 219 g/mol. The summed E-state index contributed by atoms with van der Waals surface area (Å²) >= 11 is 0. The van der Waals surface area contributed by atoms with Crippen LogP contribution in [0.25, 0.3) is 0 Å². The van der Waals surface area contributed by atoms with E-state index in [-0.39, 0.29) is 23.7 Å². The summed E-state index contributed by atoms with van der Waals surface area (Å²) in [5, 5.41) is 0. The second kappa shape index (κ2) is 4.74. The lowest BCUT2D eigenvalue weighted by Gasteiger charge is -2.17. The Kier molecular flexibility index (Phi) is 3.34. The van der Waals surface area contributed by atoms with E-state index in [0.29, 0.717) is 6.61 Å². The molecule has 3 atom stereocenters. The lowest BCUT2D eigenvalue weighted by Crippen LogP contribution is -2.26. The molecule has 0 aliphatic carbocycles. The first-order chi connectivity index (χ1) is 7.70. The minimum Gasteiger partial charge on any atom is -0.378 e. The zero-order chi connectivity index (χ0) is 11.5. The second-order valence-corrected chi connectivity index (χ2v) is 4.35. The van der Waals surface area contributed by atoms with Crippen molar-refractivity contribution in [3.63, 3.8) is 0 Å². The van der Waals surface area contributed by atoms with E-state index in [1.54, 1.807) is 6.20 Å². The topological polar surface area (TPSA) is 39.2 Å². The van der Waals surface area contributed by atoms with E-state index in [1.165, 1.54) is 0 Å². The lowest BCUT2D eigenvalue weighted by molar-refractivity contribution is -0.125. The molecule has 0 spiro atoms. The molecule has 0 aromatic carbocycles. The molecule has 1 fully saturated rings. The fraction of sp³-hybridized carbons (Fsp3) is 0.538. The fourth-order valence-electron chi connectivity index (χ4n) is 2.20. The molecule has 0 N–H and O–H groups in total. The summed E-state index contributed by atoms with van der Waals surface area (Å²) in [5.74, 6) is 0.163. The molecule has 3 unspecified atom stereocenters. The number of hydrogen-bond donors (Lipinski definition) is 0. The standard InChI is InChI=1S/C13H17NO2/c1-9(12-5-3-4-7-14-12)13(15)11-6-8-16-10(11)2/h3-5,7,9-11H,6,8H2,1-2H3. The molecule has 3 heteroatoms. The van der Waals surface area contributed by atoms with Gasteiger partial charge in [-0.1, -0.05) is 6.07 Å². The van der Waals surface area contributed by atoms with Crippen molar-refractivity contribution in [2.24, 2.45) is 5.92 Å². The summed E-state index contributed by atoms with van der Waals surface area (Å²) in [6.45, 7) is 4.60. The van der Waals surface area contributed by atoms with Gasteiger partial charge >= 0.3 is 0 Å². The minimum absolute atomic E-state index is 0.0389. The molecule has 16 heavy (non-hydrogen) atoms. The Morgan fingerprint density at radius 3 is 2.94 bits per heavy atom. The number of aromatic nitrogens is 1. The van der Waals surface area contributed by atoms with Crippen LogP contribution in [0.1, 0.15) is 31.9 Å². The average Bonchev–Trinajstić information content (AvgIpc) is 2.75. The fourth-order valence-corrected chi connectivity index (χ4v) is 2.20. The van der Waals surface area contributed by atoms with Crippen molar-refractivity contribution in [2.45, 2.75) is 32.3 Å². The summed E-state index contributed by atoms with van der Waals surface area (Å²) < 4.78 is 5.43. The molecular formula is C13H17NO2. The average molecular weight is 219 g/mol. The van der Waals surface area contributed by atoms with Crippen molar-refractivity contribution in [3.05, 3.63) is 30.1 Å². The number of Topliss-reactive ketones (excluding diaryl/α,β-unsaturated/α-hetero) is 1. The molecule has 1 aromatic heterocycles. The molecular weight excluding hydrogens is 202 g/mol. The highest BCUT2D eigenvalue weighted by Gasteiger charge is 2.34. The molecule has 1 aromatic rings. The Bertz CT molecular complexity index is 363. The van der Waals surface area contributed by atoms with Crippen molar-refractivity contribution < 1.29 is 9.53 Å². The van der Waals surface area contributed by atoms with Gasteiger partial charge in [-0.25, -0.2) is 0 Å². The zero-order valence-electron chi connectivity index (χ0n) is 9.72. The van der Waals surface area contributed by atoms with Gasteiger partial charge in [0.25, 0.3) is 0 Å². The molecule has 2 rings (SSSR count). The lowest BCUT2D eigenvalue weighted by atomic mass is 9.87. The molecule has 1 saturated heterocycles. The van der Waals surface area contributed by atoms with E-state index in [2.05, 4.69) is 4.98 Å². The van der Waals surface area contributed by atoms with Gasteiger partial charge < -0.3 is 4.74 Å². The predicted octanol–water partition coefficient (Wildman–Crippen LogP) is 2.18. The summed E-state index contributed by atoms with van der Waals surface area (Å²) in [4.78, 5) is 16.5. The maximum atomic E-state index is 12.2. The first-order valence-corrected chi connectivity index (χ1v) is 5.76. The normalized spacial score (nSPS) is 26.6.